The largest absolute Gasteiger partial charge is 0.333 e. The highest BCUT2D eigenvalue weighted by Crippen LogP contribution is 2.27. The van der Waals surface area contributed by atoms with Gasteiger partial charge in [-0.3, -0.25) is 5.32 Å². The number of nitrogens with one attached hydrogen (secondary N) is 2. The molecule has 1 aromatic rings. The van der Waals surface area contributed by atoms with Gasteiger partial charge in [0, 0.05) is 29.9 Å². The van der Waals surface area contributed by atoms with Crippen molar-refractivity contribution in [2.45, 2.75) is 39.3 Å². The first-order valence-electron chi connectivity index (χ1n) is 6.10. The first-order chi connectivity index (χ1) is 8.33. The molecule has 0 atom stereocenters. The summed E-state index contributed by atoms with van der Waals surface area (Å²) in [6.07, 6.45) is 0.963. The smallest absolute Gasteiger partial charge is 0.321 e. The molecule has 0 fully saturated rings. The van der Waals surface area contributed by atoms with Gasteiger partial charge in [0.2, 0.25) is 0 Å². The molecule has 5 nitrogen and oxygen atoms in total. The van der Waals surface area contributed by atoms with Gasteiger partial charge in [-0.2, -0.15) is 0 Å². The number of carbonyl (C=O) groups excluding carboxylic acids is 1. The van der Waals surface area contributed by atoms with Crippen molar-refractivity contribution in [3.8, 4) is 0 Å². The summed E-state index contributed by atoms with van der Waals surface area (Å²) in [5.41, 5.74) is 0.894. The first kappa shape index (κ1) is 13.3. The fourth-order valence-corrected chi connectivity index (χ4v) is 2.93. The Labute approximate surface area is 112 Å². The molecule has 1 aliphatic rings. The summed E-state index contributed by atoms with van der Waals surface area (Å²) < 4.78 is 0. The average Bonchev–Trinajstić information content (AvgIpc) is 2.55. The first-order valence-corrected chi connectivity index (χ1v) is 6.91. The van der Waals surface area contributed by atoms with Crippen molar-refractivity contribution in [1.82, 2.24) is 15.2 Å². The number of nitrogens with zero attached hydrogens (tertiary/aromatic N) is 2. The zero-order valence-electron chi connectivity index (χ0n) is 11.3. The number of fused-ring (bicyclic) bond motifs is 1. The van der Waals surface area contributed by atoms with Crippen molar-refractivity contribution in [1.29, 1.82) is 0 Å². The van der Waals surface area contributed by atoms with E-state index in [9.17, 15) is 4.79 Å². The number of hydrogen-bond acceptors (Lipinski definition) is 4. The van der Waals surface area contributed by atoms with Gasteiger partial charge in [0.25, 0.3) is 0 Å². The topological polar surface area (TPSA) is 57.3 Å². The fourth-order valence-electron chi connectivity index (χ4n) is 1.85. The van der Waals surface area contributed by atoms with Gasteiger partial charge in [0.1, 0.15) is 0 Å². The van der Waals surface area contributed by atoms with Gasteiger partial charge in [-0.05, 0) is 27.8 Å². The van der Waals surface area contributed by atoms with Crippen LogP contribution in [-0.2, 0) is 13.0 Å². The van der Waals surface area contributed by atoms with E-state index in [-0.39, 0.29) is 11.6 Å². The van der Waals surface area contributed by atoms with Crippen LogP contribution in [0.2, 0.25) is 0 Å². The van der Waals surface area contributed by atoms with E-state index in [4.69, 9.17) is 0 Å². The summed E-state index contributed by atoms with van der Waals surface area (Å²) in [5.74, 6) is 0. The standard InChI is InChI=1S/C12H20N4OS/c1-12(2,3)15-10(17)14-11-13-8-5-6-16(4)7-9(8)18-11/h5-7H2,1-4H3,(H2,13,14,15,17). The van der Waals surface area contributed by atoms with E-state index in [0.717, 1.165) is 25.2 Å². The summed E-state index contributed by atoms with van der Waals surface area (Å²) in [6.45, 7) is 7.82. The SMILES string of the molecule is CN1CCc2nc(NC(=O)NC(C)(C)C)sc2C1. The molecule has 0 aliphatic carbocycles. The molecule has 0 unspecified atom stereocenters. The third-order valence-electron chi connectivity index (χ3n) is 2.63. The van der Waals surface area contributed by atoms with Gasteiger partial charge in [-0.15, -0.1) is 11.3 Å². The molecule has 2 heterocycles. The third kappa shape index (κ3) is 3.43. The average molecular weight is 268 g/mol. The second-order valence-electron chi connectivity index (χ2n) is 5.71. The molecule has 2 N–H and O–H groups in total. The van der Waals surface area contributed by atoms with Gasteiger partial charge >= 0.3 is 6.03 Å². The summed E-state index contributed by atoms with van der Waals surface area (Å²) >= 11 is 1.57. The number of aromatic nitrogens is 1. The van der Waals surface area contributed by atoms with Gasteiger partial charge in [-0.25, -0.2) is 9.78 Å². The van der Waals surface area contributed by atoms with Crippen LogP contribution in [0.5, 0.6) is 0 Å². The normalized spacial score (nSPS) is 16.2. The highest BCUT2D eigenvalue weighted by molar-refractivity contribution is 7.15. The van der Waals surface area contributed by atoms with Crippen molar-refractivity contribution in [2.75, 3.05) is 18.9 Å². The minimum absolute atomic E-state index is 0.193. The Morgan fingerprint density at radius 1 is 1.44 bits per heavy atom. The molecule has 6 heteroatoms. The molecule has 1 aromatic heterocycles. The number of urea groups is 1. The molecule has 0 saturated heterocycles. The molecule has 0 radical (unpaired) electrons. The number of likely N-dealkylation sites (N-methyl/N-ethyl adjacent to an activating group) is 1. The minimum atomic E-state index is -0.235. The number of rotatable bonds is 1. The van der Waals surface area contributed by atoms with Gasteiger partial charge in [-0.1, -0.05) is 0 Å². The Morgan fingerprint density at radius 3 is 2.83 bits per heavy atom. The number of thiazole rings is 1. The second kappa shape index (κ2) is 4.85. The lowest BCUT2D eigenvalue weighted by atomic mass is 10.1. The lowest BCUT2D eigenvalue weighted by molar-refractivity contribution is 0.244. The predicted octanol–water partition coefficient (Wildman–Crippen LogP) is 2.05. The van der Waals surface area contributed by atoms with Crippen LogP contribution in [0.4, 0.5) is 9.93 Å². The number of amides is 2. The number of anilines is 1. The van der Waals surface area contributed by atoms with Crippen LogP contribution in [0.3, 0.4) is 0 Å². The Bertz CT molecular complexity index is 449. The zero-order chi connectivity index (χ0) is 13.3. The Kier molecular flexibility index (Phi) is 3.59. The molecule has 0 bridgehead atoms. The fraction of sp³-hybridized carbons (Fsp3) is 0.667. The van der Waals surface area contributed by atoms with Crippen LogP contribution in [0, 0.1) is 0 Å². The molecule has 2 amide bonds. The monoisotopic (exact) mass is 268 g/mol. The summed E-state index contributed by atoms with van der Waals surface area (Å²) in [6, 6.07) is -0.193. The molecule has 100 valence electrons. The highest BCUT2D eigenvalue weighted by atomic mass is 32.1. The predicted molar refractivity (Wildman–Crippen MR) is 74.1 cm³/mol. The van der Waals surface area contributed by atoms with E-state index >= 15 is 0 Å². The second-order valence-corrected chi connectivity index (χ2v) is 6.79. The van der Waals surface area contributed by atoms with Crippen molar-refractivity contribution in [3.63, 3.8) is 0 Å². The minimum Gasteiger partial charge on any atom is -0.333 e. The molecular weight excluding hydrogens is 248 g/mol. The van der Waals surface area contributed by atoms with Gasteiger partial charge < -0.3 is 10.2 Å². The van der Waals surface area contributed by atoms with Crippen LogP contribution >= 0.6 is 11.3 Å². The summed E-state index contributed by atoms with van der Waals surface area (Å²) in [7, 11) is 2.10. The van der Waals surface area contributed by atoms with Crippen molar-refractivity contribution < 1.29 is 4.79 Å². The molecule has 0 saturated carbocycles. The molecule has 18 heavy (non-hydrogen) atoms. The van der Waals surface area contributed by atoms with E-state index < -0.39 is 0 Å². The number of hydrogen-bond donors (Lipinski definition) is 2. The maximum Gasteiger partial charge on any atom is 0.321 e. The van der Waals surface area contributed by atoms with E-state index in [1.807, 2.05) is 20.8 Å². The lowest BCUT2D eigenvalue weighted by Gasteiger charge is -2.20. The zero-order valence-corrected chi connectivity index (χ0v) is 12.1. The maximum atomic E-state index is 11.7. The Balaban J connectivity index is 2.01. The Hall–Kier alpha value is -1.14. The van der Waals surface area contributed by atoms with E-state index in [0.29, 0.717) is 5.13 Å². The van der Waals surface area contributed by atoms with Crippen molar-refractivity contribution >= 4 is 22.5 Å². The van der Waals surface area contributed by atoms with Crippen LogP contribution in [0.1, 0.15) is 31.3 Å². The van der Waals surface area contributed by atoms with Crippen LogP contribution in [0.15, 0.2) is 0 Å². The summed E-state index contributed by atoms with van der Waals surface area (Å²) in [5, 5.41) is 6.36. The van der Waals surface area contributed by atoms with Crippen molar-refractivity contribution in [2.24, 2.45) is 0 Å². The van der Waals surface area contributed by atoms with Crippen LogP contribution < -0.4 is 10.6 Å². The van der Waals surface area contributed by atoms with Crippen molar-refractivity contribution in [3.05, 3.63) is 10.6 Å². The highest BCUT2D eigenvalue weighted by Gasteiger charge is 2.20. The molecular formula is C12H20N4OS. The lowest BCUT2D eigenvalue weighted by Crippen LogP contribution is -2.43. The summed E-state index contributed by atoms with van der Waals surface area (Å²) in [4.78, 5) is 19.7. The third-order valence-corrected chi connectivity index (χ3v) is 3.63. The molecule has 2 rings (SSSR count). The van der Waals surface area contributed by atoms with Gasteiger partial charge in [0.15, 0.2) is 5.13 Å². The van der Waals surface area contributed by atoms with Crippen LogP contribution in [-0.4, -0.2) is 35.0 Å². The van der Waals surface area contributed by atoms with E-state index in [1.54, 1.807) is 11.3 Å². The molecule has 0 aromatic carbocycles. The Morgan fingerprint density at radius 2 is 2.17 bits per heavy atom. The molecule has 0 spiro atoms. The number of carbonyl (C=O) groups is 1. The van der Waals surface area contributed by atoms with E-state index in [1.165, 1.54) is 4.88 Å². The quantitative estimate of drug-likeness (QED) is 0.819. The van der Waals surface area contributed by atoms with Crippen LogP contribution in [0.25, 0.3) is 0 Å². The van der Waals surface area contributed by atoms with E-state index in [2.05, 4.69) is 27.6 Å². The van der Waals surface area contributed by atoms with Gasteiger partial charge in [0.05, 0.1) is 5.69 Å². The molecule has 1 aliphatic heterocycles. The maximum absolute atomic E-state index is 11.7.